The van der Waals surface area contributed by atoms with E-state index in [1.54, 1.807) is 12.1 Å². The number of piperidine rings is 1. The molecule has 0 spiro atoms. The van der Waals surface area contributed by atoms with Gasteiger partial charge in [-0.3, -0.25) is 4.79 Å². The van der Waals surface area contributed by atoms with Gasteiger partial charge in [0.15, 0.2) is 9.84 Å². The van der Waals surface area contributed by atoms with Crippen LogP contribution in [0.3, 0.4) is 0 Å². The van der Waals surface area contributed by atoms with Crippen LogP contribution in [0.25, 0.3) is 0 Å². The van der Waals surface area contributed by atoms with Crippen molar-refractivity contribution >= 4 is 15.7 Å². The Bertz CT molecular complexity index is 855. The van der Waals surface area contributed by atoms with E-state index in [2.05, 4.69) is 29.8 Å². The van der Waals surface area contributed by atoms with Crippen LogP contribution >= 0.6 is 0 Å². The fourth-order valence-electron chi connectivity index (χ4n) is 5.57. The fourth-order valence-corrected chi connectivity index (χ4v) is 7.45. The van der Waals surface area contributed by atoms with E-state index in [9.17, 15) is 13.2 Å². The molecule has 3 N–H and O–H groups in total. The Balaban J connectivity index is 1.32. The highest BCUT2D eigenvalue weighted by atomic mass is 32.2. The molecule has 2 heterocycles. The van der Waals surface area contributed by atoms with E-state index in [0.717, 1.165) is 57.2 Å². The van der Waals surface area contributed by atoms with E-state index in [4.69, 9.17) is 0 Å². The van der Waals surface area contributed by atoms with E-state index < -0.39 is 9.84 Å². The molecule has 172 valence electrons. The highest BCUT2D eigenvalue weighted by Crippen LogP contribution is 2.35. The Kier molecular flexibility index (Phi) is 7.04. The SMILES string of the molecule is CC(C)C1CCCC(S(=O)(=O)c2ccc(CNC(=O)C3CC4CNCCC4N3)cc2)C1. The van der Waals surface area contributed by atoms with Gasteiger partial charge in [-0.05, 0) is 74.2 Å². The minimum absolute atomic E-state index is 0.0352. The van der Waals surface area contributed by atoms with Crippen molar-refractivity contribution < 1.29 is 13.2 Å². The molecule has 2 saturated heterocycles. The minimum atomic E-state index is -3.31. The second-order valence-electron chi connectivity index (χ2n) is 10.0. The van der Waals surface area contributed by atoms with Gasteiger partial charge in [0.05, 0.1) is 16.2 Å². The summed E-state index contributed by atoms with van der Waals surface area (Å²) in [5.41, 5.74) is 0.924. The molecule has 7 heteroatoms. The van der Waals surface area contributed by atoms with Crippen LogP contribution in [0.1, 0.15) is 57.9 Å². The number of hydrogen-bond donors (Lipinski definition) is 3. The third-order valence-corrected chi connectivity index (χ3v) is 9.88. The summed E-state index contributed by atoms with van der Waals surface area (Å²) < 4.78 is 26.3. The lowest BCUT2D eigenvalue weighted by atomic mass is 9.81. The summed E-state index contributed by atoms with van der Waals surface area (Å²) in [4.78, 5) is 13.0. The minimum Gasteiger partial charge on any atom is -0.351 e. The first-order valence-corrected chi connectivity index (χ1v) is 13.5. The molecule has 0 bridgehead atoms. The number of fused-ring (bicyclic) bond motifs is 1. The zero-order valence-corrected chi connectivity index (χ0v) is 19.6. The van der Waals surface area contributed by atoms with Gasteiger partial charge in [0, 0.05) is 12.6 Å². The molecule has 6 nitrogen and oxygen atoms in total. The number of carbonyl (C=O) groups is 1. The summed E-state index contributed by atoms with van der Waals surface area (Å²) in [7, 11) is -3.31. The molecular formula is C24H37N3O3S. The van der Waals surface area contributed by atoms with Crippen LogP contribution in [0.2, 0.25) is 0 Å². The monoisotopic (exact) mass is 447 g/mol. The lowest BCUT2D eigenvalue weighted by Crippen LogP contribution is -2.45. The van der Waals surface area contributed by atoms with Gasteiger partial charge in [-0.25, -0.2) is 8.42 Å². The van der Waals surface area contributed by atoms with Gasteiger partial charge < -0.3 is 16.0 Å². The van der Waals surface area contributed by atoms with Crippen molar-refractivity contribution in [2.45, 2.75) is 81.1 Å². The maximum Gasteiger partial charge on any atom is 0.237 e. The van der Waals surface area contributed by atoms with Gasteiger partial charge in [-0.2, -0.15) is 0 Å². The number of carbonyl (C=O) groups excluding carboxylic acids is 1. The quantitative estimate of drug-likeness (QED) is 0.624. The predicted molar refractivity (Wildman–Crippen MR) is 122 cm³/mol. The highest BCUT2D eigenvalue weighted by molar-refractivity contribution is 7.92. The topological polar surface area (TPSA) is 87.3 Å². The lowest BCUT2D eigenvalue weighted by molar-refractivity contribution is -0.123. The van der Waals surface area contributed by atoms with Gasteiger partial charge in [-0.1, -0.05) is 38.8 Å². The Morgan fingerprint density at radius 2 is 1.90 bits per heavy atom. The van der Waals surface area contributed by atoms with E-state index >= 15 is 0 Å². The summed E-state index contributed by atoms with van der Waals surface area (Å²) in [5.74, 6) is 1.59. The zero-order valence-electron chi connectivity index (χ0n) is 18.8. The van der Waals surface area contributed by atoms with Crippen molar-refractivity contribution in [2.75, 3.05) is 13.1 Å². The molecule has 1 aromatic rings. The number of hydrogen-bond acceptors (Lipinski definition) is 5. The average Bonchev–Trinajstić information content (AvgIpc) is 3.22. The number of amides is 1. The Morgan fingerprint density at radius 1 is 1.13 bits per heavy atom. The van der Waals surface area contributed by atoms with Crippen molar-refractivity contribution in [3.05, 3.63) is 29.8 Å². The van der Waals surface area contributed by atoms with Gasteiger partial charge in [-0.15, -0.1) is 0 Å². The van der Waals surface area contributed by atoms with Crippen LogP contribution in [0, 0.1) is 17.8 Å². The zero-order chi connectivity index (χ0) is 22.0. The molecule has 5 unspecified atom stereocenters. The smallest absolute Gasteiger partial charge is 0.237 e. The number of benzene rings is 1. The summed E-state index contributed by atoms with van der Waals surface area (Å²) >= 11 is 0. The maximum atomic E-state index is 13.1. The molecule has 1 saturated carbocycles. The van der Waals surface area contributed by atoms with Crippen molar-refractivity contribution in [1.82, 2.24) is 16.0 Å². The maximum absolute atomic E-state index is 13.1. The first-order chi connectivity index (χ1) is 14.8. The fraction of sp³-hybridized carbons (Fsp3) is 0.708. The first kappa shape index (κ1) is 22.7. The molecule has 4 rings (SSSR count). The molecule has 0 aromatic heterocycles. The van der Waals surface area contributed by atoms with Crippen LogP contribution in [0.15, 0.2) is 29.2 Å². The standard InChI is InChI=1S/C24H37N3O3S/c1-16(2)18-4-3-5-21(12-18)31(29,30)20-8-6-17(7-9-20)14-26-24(28)23-13-19-15-25-11-10-22(19)27-23/h6-9,16,18-19,21-23,25,27H,3-5,10-15H2,1-2H3,(H,26,28). The van der Waals surface area contributed by atoms with E-state index in [1.165, 1.54) is 0 Å². The van der Waals surface area contributed by atoms with Crippen molar-refractivity contribution in [3.63, 3.8) is 0 Å². The molecule has 1 aromatic carbocycles. The summed E-state index contributed by atoms with van der Waals surface area (Å²) in [6, 6.07) is 7.41. The van der Waals surface area contributed by atoms with Gasteiger partial charge in [0.25, 0.3) is 0 Å². The van der Waals surface area contributed by atoms with Gasteiger partial charge >= 0.3 is 0 Å². The number of sulfone groups is 1. The second kappa shape index (κ2) is 9.59. The molecule has 1 amide bonds. The molecule has 31 heavy (non-hydrogen) atoms. The largest absolute Gasteiger partial charge is 0.351 e. The molecule has 5 atom stereocenters. The molecular weight excluding hydrogens is 410 g/mol. The summed E-state index contributed by atoms with van der Waals surface area (Å²) in [5, 5.41) is 9.62. The van der Waals surface area contributed by atoms with Gasteiger partial charge in [0.1, 0.15) is 0 Å². The van der Waals surface area contributed by atoms with Crippen LogP contribution in [-0.4, -0.2) is 44.7 Å². The second-order valence-corrected chi connectivity index (χ2v) is 12.2. The van der Waals surface area contributed by atoms with E-state index in [-0.39, 0.29) is 17.2 Å². The molecule has 3 aliphatic rings. The van der Waals surface area contributed by atoms with Crippen LogP contribution in [0.4, 0.5) is 0 Å². The van der Waals surface area contributed by atoms with Gasteiger partial charge in [0.2, 0.25) is 5.91 Å². The Hall–Kier alpha value is -1.44. The average molecular weight is 448 g/mol. The highest BCUT2D eigenvalue weighted by Gasteiger charge is 2.38. The summed E-state index contributed by atoms with van der Waals surface area (Å²) in [6.07, 6.45) is 5.60. The molecule has 0 radical (unpaired) electrons. The predicted octanol–water partition coefficient (Wildman–Crippen LogP) is 2.63. The first-order valence-electron chi connectivity index (χ1n) is 11.9. The summed E-state index contributed by atoms with van der Waals surface area (Å²) in [6.45, 7) is 6.79. The normalized spacial score (nSPS) is 31.4. The van der Waals surface area contributed by atoms with Crippen molar-refractivity contribution in [2.24, 2.45) is 17.8 Å². The van der Waals surface area contributed by atoms with Crippen LogP contribution in [-0.2, 0) is 21.2 Å². The third-order valence-electron chi connectivity index (χ3n) is 7.64. The number of nitrogens with one attached hydrogen (secondary N) is 3. The Labute approximate surface area is 186 Å². The van der Waals surface area contributed by atoms with E-state index in [1.807, 2.05) is 12.1 Å². The van der Waals surface area contributed by atoms with E-state index in [0.29, 0.717) is 35.2 Å². The lowest BCUT2D eigenvalue weighted by Gasteiger charge is -2.31. The molecule has 2 aliphatic heterocycles. The third kappa shape index (κ3) is 5.15. The molecule has 3 fully saturated rings. The van der Waals surface area contributed by atoms with Crippen LogP contribution < -0.4 is 16.0 Å². The van der Waals surface area contributed by atoms with Crippen molar-refractivity contribution in [1.29, 1.82) is 0 Å². The van der Waals surface area contributed by atoms with Crippen LogP contribution in [0.5, 0.6) is 0 Å². The Morgan fingerprint density at radius 3 is 2.61 bits per heavy atom. The number of rotatable bonds is 6. The van der Waals surface area contributed by atoms with Crippen molar-refractivity contribution in [3.8, 4) is 0 Å². The molecule has 1 aliphatic carbocycles.